The van der Waals surface area contributed by atoms with Gasteiger partial charge in [0.2, 0.25) is 10.0 Å². The number of rotatable bonds is 4. The standard InChI is InChI=1S/C19H22N4O2S/c1-15-5-4-6-16(13-15)26(24,25)23-11-9-22(10-12-23)14-19-20-17-7-2-3-8-18(17)21-19/h2-8,13H,9-12,14H2,1H3,(H,20,21). The molecule has 1 aliphatic heterocycles. The van der Waals surface area contributed by atoms with Crippen LogP contribution in [0.5, 0.6) is 0 Å². The van der Waals surface area contributed by atoms with Gasteiger partial charge in [0.25, 0.3) is 0 Å². The van der Waals surface area contributed by atoms with Crippen molar-refractivity contribution >= 4 is 21.1 Å². The zero-order valence-electron chi connectivity index (χ0n) is 14.7. The molecule has 0 atom stereocenters. The Kier molecular flexibility index (Phi) is 4.52. The number of nitrogens with zero attached hydrogens (tertiary/aromatic N) is 3. The minimum atomic E-state index is -3.42. The zero-order valence-corrected chi connectivity index (χ0v) is 15.5. The molecule has 136 valence electrons. The Labute approximate surface area is 153 Å². The molecule has 1 fully saturated rings. The van der Waals surface area contributed by atoms with Crippen LogP contribution in [0, 0.1) is 6.92 Å². The van der Waals surface area contributed by atoms with Gasteiger partial charge in [-0.1, -0.05) is 24.3 Å². The number of H-pyrrole nitrogens is 1. The van der Waals surface area contributed by atoms with Crippen molar-refractivity contribution < 1.29 is 8.42 Å². The van der Waals surface area contributed by atoms with E-state index in [9.17, 15) is 8.42 Å². The normalized spacial score (nSPS) is 17.0. The van der Waals surface area contributed by atoms with Gasteiger partial charge in [0.1, 0.15) is 5.82 Å². The molecular formula is C19H22N4O2S. The van der Waals surface area contributed by atoms with E-state index < -0.39 is 10.0 Å². The Morgan fingerprint density at radius 3 is 2.54 bits per heavy atom. The van der Waals surface area contributed by atoms with E-state index in [2.05, 4.69) is 14.9 Å². The Bertz CT molecular complexity index is 988. The average molecular weight is 370 g/mol. The Morgan fingerprint density at radius 1 is 1.04 bits per heavy atom. The lowest BCUT2D eigenvalue weighted by molar-refractivity contribution is 0.178. The van der Waals surface area contributed by atoms with Crippen molar-refractivity contribution in [2.24, 2.45) is 0 Å². The number of benzene rings is 2. The molecule has 26 heavy (non-hydrogen) atoms. The minimum Gasteiger partial charge on any atom is -0.341 e. The minimum absolute atomic E-state index is 0.378. The van der Waals surface area contributed by atoms with Crippen molar-refractivity contribution in [3.8, 4) is 0 Å². The van der Waals surface area contributed by atoms with Gasteiger partial charge in [-0.15, -0.1) is 0 Å². The fourth-order valence-electron chi connectivity index (χ4n) is 3.35. The maximum Gasteiger partial charge on any atom is 0.243 e. The van der Waals surface area contributed by atoms with Gasteiger partial charge in [-0.2, -0.15) is 4.31 Å². The number of fused-ring (bicyclic) bond motifs is 1. The second kappa shape index (κ2) is 6.83. The molecule has 2 aromatic carbocycles. The third-order valence-corrected chi connectivity index (χ3v) is 6.67. The SMILES string of the molecule is Cc1cccc(S(=O)(=O)N2CCN(Cc3nc4ccccc4[nH]3)CC2)c1. The van der Waals surface area contributed by atoms with Gasteiger partial charge >= 0.3 is 0 Å². The molecule has 0 bridgehead atoms. The Hall–Kier alpha value is -2.22. The van der Waals surface area contributed by atoms with E-state index in [1.54, 1.807) is 22.5 Å². The first-order valence-electron chi connectivity index (χ1n) is 8.75. The summed E-state index contributed by atoms with van der Waals surface area (Å²) in [6, 6.07) is 15.1. The lowest BCUT2D eigenvalue weighted by atomic mass is 10.2. The summed E-state index contributed by atoms with van der Waals surface area (Å²) in [6.45, 7) is 4.99. The molecule has 0 amide bonds. The van der Waals surface area contributed by atoms with E-state index >= 15 is 0 Å². The summed E-state index contributed by atoms with van der Waals surface area (Å²) in [5.41, 5.74) is 2.95. The smallest absolute Gasteiger partial charge is 0.243 e. The summed E-state index contributed by atoms with van der Waals surface area (Å²) in [4.78, 5) is 10.5. The van der Waals surface area contributed by atoms with Gasteiger partial charge in [-0.05, 0) is 36.8 Å². The van der Waals surface area contributed by atoms with Crippen molar-refractivity contribution in [3.63, 3.8) is 0 Å². The fourth-order valence-corrected chi connectivity index (χ4v) is 4.87. The third-order valence-electron chi connectivity index (χ3n) is 4.77. The first-order valence-corrected chi connectivity index (χ1v) is 10.2. The molecule has 1 aromatic heterocycles. The molecule has 1 aliphatic rings. The highest BCUT2D eigenvalue weighted by molar-refractivity contribution is 7.89. The number of aromatic amines is 1. The van der Waals surface area contributed by atoms with E-state index in [-0.39, 0.29) is 0 Å². The van der Waals surface area contributed by atoms with Crippen molar-refractivity contribution in [1.29, 1.82) is 0 Å². The molecule has 0 radical (unpaired) electrons. The number of imidazole rings is 1. The highest BCUT2D eigenvalue weighted by Gasteiger charge is 2.28. The van der Waals surface area contributed by atoms with E-state index in [4.69, 9.17) is 0 Å². The largest absolute Gasteiger partial charge is 0.341 e. The van der Waals surface area contributed by atoms with Crippen molar-refractivity contribution in [2.75, 3.05) is 26.2 Å². The molecule has 3 aromatic rings. The number of hydrogen-bond donors (Lipinski definition) is 1. The number of aryl methyl sites for hydroxylation is 1. The van der Waals surface area contributed by atoms with Crippen molar-refractivity contribution in [1.82, 2.24) is 19.2 Å². The van der Waals surface area contributed by atoms with Gasteiger partial charge in [0, 0.05) is 26.2 Å². The number of aromatic nitrogens is 2. The number of piperazine rings is 1. The average Bonchev–Trinajstić information content (AvgIpc) is 3.04. The lowest BCUT2D eigenvalue weighted by Crippen LogP contribution is -2.48. The summed E-state index contributed by atoms with van der Waals surface area (Å²) in [5.74, 6) is 0.918. The van der Waals surface area contributed by atoms with Crippen LogP contribution in [0.1, 0.15) is 11.4 Å². The van der Waals surface area contributed by atoms with Crippen molar-refractivity contribution in [3.05, 3.63) is 59.9 Å². The molecule has 4 rings (SSSR count). The number of para-hydroxylation sites is 2. The van der Waals surface area contributed by atoms with Gasteiger partial charge in [-0.3, -0.25) is 4.90 Å². The molecule has 0 saturated carbocycles. The van der Waals surface area contributed by atoms with Crippen LogP contribution in [0.3, 0.4) is 0 Å². The molecule has 0 spiro atoms. The zero-order chi connectivity index (χ0) is 18.1. The third kappa shape index (κ3) is 3.38. The topological polar surface area (TPSA) is 69.3 Å². The molecule has 0 unspecified atom stereocenters. The molecule has 1 saturated heterocycles. The molecule has 7 heteroatoms. The van der Waals surface area contributed by atoms with Crippen LogP contribution < -0.4 is 0 Å². The first-order chi connectivity index (χ1) is 12.5. The number of sulfonamides is 1. The van der Waals surface area contributed by atoms with Crippen LogP contribution in [0.15, 0.2) is 53.4 Å². The maximum atomic E-state index is 12.8. The lowest BCUT2D eigenvalue weighted by Gasteiger charge is -2.33. The summed E-state index contributed by atoms with van der Waals surface area (Å²) in [5, 5.41) is 0. The summed E-state index contributed by atoms with van der Waals surface area (Å²) in [7, 11) is -3.42. The van der Waals surface area contributed by atoms with Crippen molar-refractivity contribution in [2.45, 2.75) is 18.4 Å². The van der Waals surface area contributed by atoms with E-state index in [1.807, 2.05) is 37.3 Å². The van der Waals surface area contributed by atoms with Crippen LogP contribution in [0.2, 0.25) is 0 Å². The molecular weight excluding hydrogens is 348 g/mol. The van der Waals surface area contributed by atoms with Gasteiger partial charge in [0.15, 0.2) is 0 Å². The first kappa shape index (κ1) is 17.2. The Morgan fingerprint density at radius 2 is 1.81 bits per heavy atom. The second-order valence-electron chi connectivity index (χ2n) is 6.70. The van der Waals surface area contributed by atoms with Crippen LogP contribution in [-0.2, 0) is 16.6 Å². The van der Waals surface area contributed by atoms with Gasteiger partial charge in [0.05, 0.1) is 22.5 Å². The number of hydrogen-bond acceptors (Lipinski definition) is 4. The molecule has 0 aliphatic carbocycles. The monoisotopic (exact) mass is 370 g/mol. The highest BCUT2D eigenvalue weighted by Crippen LogP contribution is 2.19. The van der Waals surface area contributed by atoms with Crippen LogP contribution >= 0.6 is 0 Å². The highest BCUT2D eigenvalue weighted by atomic mass is 32.2. The van der Waals surface area contributed by atoms with E-state index in [0.29, 0.717) is 37.6 Å². The van der Waals surface area contributed by atoms with E-state index in [1.165, 1.54) is 0 Å². The van der Waals surface area contributed by atoms with E-state index in [0.717, 1.165) is 22.4 Å². The van der Waals surface area contributed by atoms with Crippen LogP contribution in [-0.4, -0.2) is 53.8 Å². The Balaban J connectivity index is 1.42. The molecule has 2 heterocycles. The summed E-state index contributed by atoms with van der Waals surface area (Å²) in [6.07, 6.45) is 0. The van der Waals surface area contributed by atoms with Gasteiger partial charge < -0.3 is 4.98 Å². The predicted octanol–water partition coefficient (Wildman–Crippen LogP) is 2.38. The van der Waals surface area contributed by atoms with Gasteiger partial charge in [-0.25, -0.2) is 13.4 Å². The second-order valence-corrected chi connectivity index (χ2v) is 8.64. The molecule has 6 nitrogen and oxygen atoms in total. The maximum absolute atomic E-state index is 12.8. The van der Waals surface area contributed by atoms with Crippen LogP contribution in [0.4, 0.5) is 0 Å². The molecule has 1 N–H and O–H groups in total. The van der Waals surface area contributed by atoms with Crippen LogP contribution in [0.25, 0.3) is 11.0 Å². The summed E-state index contributed by atoms with van der Waals surface area (Å²) >= 11 is 0. The number of nitrogens with one attached hydrogen (secondary N) is 1. The fraction of sp³-hybridized carbons (Fsp3) is 0.316. The quantitative estimate of drug-likeness (QED) is 0.766. The summed E-state index contributed by atoms with van der Waals surface area (Å²) < 4.78 is 27.2. The predicted molar refractivity (Wildman–Crippen MR) is 101 cm³/mol.